The van der Waals surface area contributed by atoms with Crippen molar-refractivity contribution in [1.82, 2.24) is 9.88 Å². The number of rotatable bonds is 8. The number of hydrogen-bond acceptors (Lipinski definition) is 7. The Morgan fingerprint density at radius 2 is 1.93 bits per heavy atom. The van der Waals surface area contributed by atoms with E-state index in [1.165, 1.54) is 5.56 Å². The fraction of sp³-hybridized carbons (Fsp3) is 0.619. The number of H-pyrrole nitrogens is 1. The molecule has 0 spiro atoms. The molecule has 0 bridgehead atoms. The lowest BCUT2D eigenvalue weighted by molar-refractivity contribution is -0.277. The summed E-state index contributed by atoms with van der Waals surface area (Å²) in [6.45, 7) is 7.97. The molecule has 0 amide bonds. The summed E-state index contributed by atoms with van der Waals surface area (Å²) in [6, 6.07) is 6.10. The van der Waals surface area contributed by atoms with Crippen molar-refractivity contribution in [1.29, 1.82) is 0 Å². The van der Waals surface area contributed by atoms with Crippen LogP contribution in [0.1, 0.15) is 26.3 Å². The first kappa shape index (κ1) is 22.0. The largest absolute Gasteiger partial charge is 0.460 e. The topological polar surface area (TPSA) is 118 Å². The Hall–Kier alpha value is -1.68. The number of nitrogens with zero attached hydrogens (tertiary/aromatic N) is 1. The number of benzene rings is 1. The molecular weight excluding hydrogens is 376 g/mol. The number of hydrogen-bond donors (Lipinski definition) is 5. The summed E-state index contributed by atoms with van der Waals surface area (Å²) < 4.78 is 11.3. The van der Waals surface area contributed by atoms with Gasteiger partial charge in [-0.2, -0.15) is 0 Å². The van der Waals surface area contributed by atoms with Gasteiger partial charge in [-0.05, 0) is 38.4 Å². The number of aliphatic hydroxyl groups is 4. The molecule has 3 rings (SSSR count). The second kappa shape index (κ2) is 9.42. The van der Waals surface area contributed by atoms with Crippen molar-refractivity contribution in [2.45, 2.75) is 63.9 Å². The molecule has 5 unspecified atom stereocenters. The van der Waals surface area contributed by atoms with Gasteiger partial charge >= 0.3 is 0 Å². The van der Waals surface area contributed by atoms with Gasteiger partial charge in [0.15, 0.2) is 0 Å². The molecule has 1 aromatic heterocycles. The number of ether oxygens (including phenoxy) is 2. The van der Waals surface area contributed by atoms with Crippen molar-refractivity contribution in [3.63, 3.8) is 0 Å². The minimum absolute atomic E-state index is 0.467. The van der Waals surface area contributed by atoms with E-state index in [1.54, 1.807) is 6.07 Å². The third kappa shape index (κ3) is 4.58. The van der Waals surface area contributed by atoms with E-state index in [1.807, 2.05) is 18.3 Å². The quantitative estimate of drug-likeness (QED) is 0.434. The van der Waals surface area contributed by atoms with Crippen LogP contribution in [0.2, 0.25) is 0 Å². The molecule has 2 aromatic rings. The fourth-order valence-corrected chi connectivity index (χ4v) is 3.83. The van der Waals surface area contributed by atoms with Crippen LogP contribution in [-0.4, -0.2) is 86.8 Å². The molecule has 8 heteroatoms. The number of aromatic amines is 1. The highest BCUT2D eigenvalue weighted by Crippen LogP contribution is 2.31. The zero-order chi connectivity index (χ0) is 21.1. The molecule has 29 heavy (non-hydrogen) atoms. The summed E-state index contributed by atoms with van der Waals surface area (Å²) in [5.41, 5.74) is 1.94. The first-order valence-electron chi connectivity index (χ1n) is 10.2. The van der Waals surface area contributed by atoms with Gasteiger partial charge in [0.2, 0.25) is 6.29 Å². The summed E-state index contributed by atoms with van der Waals surface area (Å²) in [4.78, 5) is 5.63. The molecule has 2 heterocycles. The van der Waals surface area contributed by atoms with Gasteiger partial charge in [0, 0.05) is 24.2 Å². The lowest BCUT2D eigenvalue weighted by Crippen LogP contribution is -2.60. The lowest BCUT2D eigenvalue weighted by Gasteiger charge is -2.39. The van der Waals surface area contributed by atoms with Gasteiger partial charge in [0.05, 0.1) is 12.1 Å². The molecule has 1 aromatic carbocycles. The molecule has 0 radical (unpaired) electrons. The van der Waals surface area contributed by atoms with E-state index in [2.05, 4.69) is 30.7 Å². The van der Waals surface area contributed by atoms with Gasteiger partial charge < -0.3 is 39.8 Å². The molecule has 1 aliphatic rings. The molecular formula is C21H32N2O6. The molecule has 5 atom stereocenters. The predicted octanol–water partition coefficient (Wildman–Crippen LogP) is 0.619. The Bertz CT molecular complexity index is 793. The summed E-state index contributed by atoms with van der Waals surface area (Å²) in [5, 5.41) is 40.5. The van der Waals surface area contributed by atoms with E-state index in [4.69, 9.17) is 9.47 Å². The van der Waals surface area contributed by atoms with Crippen molar-refractivity contribution in [2.75, 3.05) is 19.7 Å². The Balaban J connectivity index is 1.78. The molecule has 1 saturated heterocycles. The van der Waals surface area contributed by atoms with Crippen molar-refractivity contribution >= 4 is 10.9 Å². The van der Waals surface area contributed by atoms with Crippen LogP contribution < -0.4 is 4.74 Å². The van der Waals surface area contributed by atoms with E-state index < -0.39 is 37.3 Å². The SMILES string of the molecule is CCN(CCc1c[nH]c2c(OC3OC(CO)C(O)C(O)C3O)cccc12)C(C)C. The third-order valence-corrected chi connectivity index (χ3v) is 5.66. The standard InChI is InChI=1S/C21H32N2O6/c1-4-23(12(2)3)9-8-13-10-22-17-14(13)6-5-7-15(17)28-21-20(27)19(26)18(25)16(11-24)29-21/h5-7,10,12,16,18-22,24-27H,4,8-9,11H2,1-3H3. The molecule has 5 N–H and O–H groups in total. The summed E-state index contributed by atoms with van der Waals surface area (Å²) >= 11 is 0. The van der Waals surface area contributed by atoms with Crippen LogP contribution in [0, 0.1) is 0 Å². The van der Waals surface area contributed by atoms with E-state index >= 15 is 0 Å². The van der Waals surface area contributed by atoms with Crippen LogP contribution >= 0.6 is 0 Å². The Morgan fingerprint density at radius 1 is 1.17 bits per heavy atom. The van der Waals surface area contributed by atoms with Crippen molar-refractivity contribution in [3.8, 4) is 5.75 Å². The van der Waals surface area contributed by atoms with E-state index in [-0.39, 0.29) is 0 Å². The Morgan fingerprint density at radius 3 is 2.59 bits per heavy atom. The van der Waals surface area contributed by atoms with Gasteiger partial charge in [-0.3, -0.25) is 0 Å². The predicted molar refractivity (Wildman–Crippen MR) is 109 cm³/mol. The number of para-hydroxylation sites is 1. The summed E-state index contributed by atoms with van der Waals surface area (Å²) in [7, 11) is 0. The van der Waals surface area contributed by atoms with Gasteiger partial charge in [-0.1, -0.05) is 19.1 Å². The monoisotopic (exact) mass is 408 g/mol. The third-order valence-electron chi connectivity index (χ3n) is 5.66. The van der Waals surface area contributed by atoms with Gasteiger partial charge in [0.1, 0.15) is 30.2 Å². The normalized spacial score (nSPS) is 27.8. The molecule has 162 valence electrons. The van der Waals surface area contributed by atoms with Crippen LogP contribution in [0.5, 0.6) is 5.75 Å². The van der Waals surface area contributed by atoms with Crippen molar-refractivity contribution < 1.29 is 29.9 Å². The number of nitrogens with one attached hydrogen (secondary N) is 1. The van der Waals surface area contributed by atoms with Crippen LogP contribution in [0.3, 0.4) is 0 Å². The Labute approximate surface area is 170 Å². The average Bonchev–Trinajstić information content (AvgIpc) is 3.12. The molecule has 0 saturated carbocycles. The average molecular weight is 408 g/mol. The molecule has 8 nitrogen and oxygen atoms in total. The molecule has 1 aliphatic heterocycles. The summed E-state index contributed by atoms with van der Waals surface area (Å²) in [5.74, 6) is 0.467. The molecule has 0 aliphatic carbocycles. The highest BCUT2D eigenvalue weighted by molar-refractivity contribution is 5.88. The zero-order valence-corrected chi connectivity index (χ0v) is 17.2. The minimum atomic E-state index is -1.47. The maximum atomic E-state index is 10.2. The lowest BCUT2D eigenvalue weighted by atomic mass is 9.99. The van der Waals surface area contributed by atoms with Gasteiger partial charge in [0.25, 0.3) is 0 Å². The number of fused-ring (bicyclic) bond motifs is 1. The fourth-order valence-electron chi connectivity index (χ4n) is 3.83. The smallest absolute Gasteiger partial charge is 0.229 e. The number of aliphatic hydroxyl groups excluding tert-OH is 4. The highest BCUT2D eigenvalue weighted by atomic mass is 16.7. The van der Waals surface area contributed by atoms with E-state index in [9.17, 15) is 20.4 Å². The maximum Gasteiger partial charge on any atom is 0.229 e. The van der Waals surface area contributed by atoms with Crippen molar-refractivity contribution in [3.05, 3.63) is 30.0 Å². The van der Waals surface area contributed by atoms with E-state index in [0.717, 1.165) is 30.4 Å². The van der Waals surface area contributed by atoms with Gasteiger partial charge in [-0.15, -0.1) is 0 Å². The van der Waals surface area contributed by atoms with E-state index in [0.29, 0.717) is 11.8 Å². The van der Waals surface area contributed by atoms with Crippen LogP contribution in [0.25, 0.3) is 10.9 Å². The second-order valence-corrected chi connectivity index (χ2v) is 7.78. The van der Waals surface area contributed by atoms with Crippen LogP contribution in [0.15, 0.2) is 24.4 Å². The van der Waals surface area contributed by atoms with Gasteiger partial charge in [-0.25, -0.2) is 0 Å². The first-order chi connectivity index (χ1) is 13.9. The molecule has 1 fully saturated rings. The van der Waals surface area contributed by atoms with Crippen LogP contribution in [-0.2, 0) is 11.2 Å². The number of likely N-dealkylation sites (N-methyl/N-ethyl adjacent to an activating group) is 1. The van der Waals surface area contributed by atoms with Crippen molar-refractivity contribution in [2.24, 2.45) is 0 Å². The second-order valence-electron chi connectivity index (χ2n) is 7.78. The Kier molecular flexibility index (Phi) is 7.15. The number of aromatic nitrogens is 1. The maximum absolute atomic E-state index is 10.2. The van der Waals surface area contributed by atoms with Crippen LogP contribution in [0.4, 0.5) is 0 Å². The zero-order valence-electron chi connectivity index (χ0n) is 17.2. The first-order valence-corrected chi connectivity index (χ1v) is 10.2. The minimum Gasteiger partial charge on any atom is -0.460 e. The highest BCUT2D eigenvalue weighted by Gasteiger charge is 2.44. The summed E-state index contributed by atoms with van der Waals surface area (Å²) in [6.07, 6.45) is -3.70.